The molecule has 0 saturated carbocycles. The number of halogens is 1. The number of carbonyl (C=O) groups excluding carboxylic acids is 2. The van der Waals surface area contributed by atoms with E-state index in [-0.39, 0.29) is 17.2 Å². The summed E-state index contributed by atoms with van der Waals surface area (Å²) in [5.41, 5.74) is 1.89. The average molecular weight is 430 g/mol. The molecule has 0 spiro atoms. The minimum Gasteiger partial charge on any atom is -0.339 e. The predicted octanol–water partition coefficient (Wildman–Crippen LogP) is 4.07. The molecule has 2 heterocycles. The van der Waals surface area contributed by atoms with Gasteiger partial charge in [0.15, 0.2) is 0 Å². The second-order valence-electron chi connectivity index (χ2n) is 7.79. The van der Waals surface area contributed by atoms with Gasteiger partial charge in [0.05, 0.1) is 0 Å². The van der Waals surface area contributed by atoms with E-state index in [2.05, 4.69) is 47.0 Å². The topological polar surface area (TPSA) is 62.3 Å². The first-order chi connectivity index (χ1) is 12.8. The third-order valence-electron chi connectivity index (χ3n) is 4.63. The predicted molar refractivity (Wildman–Crippen MR) is 110 cm³/mol. The number of hydrogen-bond acceptors (Lipinski definition) is 3. The second-order valence-corrected chi connectivity index (χ2v) is 8.71. The van der Waals surface area contributed by atoms with E-state index >= 15 is 0 Å². The molecule has 1 unspecified atom stereocenters. The maximum Gasteiger partial charge on any atom is 0.270 e. The lowest BCUT2D eigenvalue weighted by Gasteiger charge is -2.32. The largest absolute Gasteiger partial charge is 0.339 e. The van der Waals surface area contributed by atoms with Gasteiger partial charge in [-0.25, -0.2) is 4.98 Å². The highest BCUT2D eigenvalue weighted by Gasteiger charge is 2.31. The van der Waals surface area contributed by atoms with Crippen molar-refractivity contribution in [1.82, 2.24) is 10.3 Å². The fourth-order valence-electron chi connectivity index (χ4n) is 3.10. The Morgan fingerprint density at radius 1 is 1.19 bits per heavy atom. The zero-order valence-electron chi connectivity index (χ0n) is 15.8. The van der Waals surface area contributed by atoms with Gasteiger partial charge in [-0.2, -0.15) is 0 Å². The molecule has 1 aromatic carbocycles. The summed E-state index contributed by atoms with van der Waals surface area (Å²) < 4.78 is 0.963. The summed E-state index contributed by atoms with van der Waals surface area (Å²) in [6, 6.07) is 12.5. The number of hydrogen-bond donors (Lipinski definition) is 1. The first-order valence-electron chi connectivity index (χ1n) is 9.11. The zero-order valence-corrected chi connectivity index (χ0v) is 17.4. The summed E-state index contributed by atoms with van der Waals surface area (Å²) in [4.78, 5) is 31.8. The second kappa shape index (κ2) is 7.80. The molecule has 1 saturated heterocycles. The van der Waals surface area contributed by atoms with E-state index in [0.717, 1.165) is 22.3 Å². The number of carbonyl (C=O) groups is 2. The average Bonchev–Trinajstić information content (AvgIpc) is 2.64. The van der Waals surface area contributed by atoms with Gasteiger partial charge in [-0.3, -0.25) is 9.59 Å². The molecule has 1 aliphatic heterocycles. The van der Waals surface area contributed by atoms with Crippen molar-refractivity contribution in [2.75, 3.05) is 11.4 Å². The third-order valence-corrected chi connectivity index (χ3v) is 5.16. The van der Waals surface area contributed by atoms with Crippen LogP contribution in [0.4, 0.5) is 5.69 Å². The van der Waals surface area contributed by atoms with Crippen LogP contribution >= 0.6 is 15.9 Å². The van der Waals surface area contributed by atoms with Gasteiger partial charge in [-0.1, -0.05) is 42.8 Å². The molecule has 0 aliphatic carbocycles. The van der Waals surface area contributed by atoms with Gasteiger partial charge in [0.2, 0.25) is 5.91 Å². The number of pyridine rings is 1. The van der Waals surface area contributed by atoms with Gasteiger partial charge in [-0.05, 0) is 49.2 Å². The molecule has 6 heteroatoms. The Morgan fingerprint density at radius 2 is 1.89 bits per heavy atom. The molecule has 1 aromatic heterocycles. The molecular weight excluding hydrogens is 406 g/mol. The van der Waals surface area contributed by atoms with E-state index in [9.17, 15) is 9.59 Å². The van der Waals surface area contributed by atoms with Crippen molar-refractivity contribution >= 4 is 33.4 Å². The lowest BCUT2D eigenvalue weighted by atomic mass is 9.91. The van der Waals surface area contributed by atoms with Crippen LogP contribution in [0.5, 0.6) is 0 Å². The summed E-state index contributed by atoms with van der Waals surface area (Å²) >= 11 is 3.41. The smallest absolute Gasteiger partial charge is 0.270 e. The highest BCUT2D eigenvalue weighted by molar-refractivity contribution is 9.10. The van der Waals surface area contributed by atoms with Crippen LogP contribution in [0.15, 0.2) is 46.9 Å². The van der Waals surface area contributed by atoms with Crippen molar-refractivity contribution in [2.45, 2.75) is 45.1 Å². The van der Waals surface area contributed by atoms with Crippen LogP contribution in [0.1, 0.15) is 49.8 Å². The normalized spacial score (nSPS) is 17.7. The molecule has 142 valence electrons. The van der Waals surface area contributed by atoms with Gasteiger partial charge >= 0.3 is 0 Å². The summed E-state index contributed by atoms with van der Waals surface area (Å²) in [6.45, 7) is 6.82. The highest BCUT2D eigenvalue weighted by atomic mass is 79.9. The van der Waals surface area contributed by atoms with Crippen LogP contribution in [0.2, 0.25) is 0 Å². The molecule has 5 nitrogen and oxygen atoms in total. The molecule has 0 bridgehead atoms. The summed E-state index contributed by atoms with van der Waals surface area (Å²) in [5, 5.41) is 2.87. The lowest BCUT2D eigenvalue weighted by molar-refractivity contribution is -0.121. The number of nitrogens with zero attached hydrogens (tertiary/aromatic N) is 2. The van der Waals surface area contributed by atoms with Crippen LogP contribution < -0.4 is 10.2 Å². The maximum atomic E-state index is 12.9. The van der Waals surface area contributed by atoms with E-state index in [0.29, 0.717) is 18.7 Å². The monoisotopic (exact) mass is 429 g/mol. The van der Waals surface area contributed by atoms with Crippen molar-refractivity contribution < 1.29 is 9.59 Å². The van der Waals surface area contributed by atoms with Gasteiger partial charge in [0.25, 0.3) is 5.91 Å². The van der Waals surface area contributed by atoms with E-state index in [4.69, 9.17) is 0 Å². The van der Waals surface area contributed by atoms with Crippen molar-refractivity contribution in [3.05, 3.63) is 58.3 Å². The van der Waals surface area contributed by atoms with Gasteiger partial charge < -0.3 is 10.2 Å². The Hall–Kier alpha value is -2.21. The number of benzene rings is 1. The summed E-state index contributed by atoms with van der Waals surface area (Å²) in [5.74, 6) is -0.388. The molecule has 1 fully saturated rings. The molecule has 1 aliphatic rings. The van der Waals surface area contributed by atoms with Gasteiger partial charge in [0.1, 0.15) is 11.7 Å². The van der Waals surface area contributed by atoms with Crippen molar-refractivity contribution in [2.24, 2.45) is 0 Å². The first kappa shape index (κ1) is 19.5. The SMILES string of the molecule is CC(C)(C)c1cccc(C(=O)NC2CCCN(c3ccc(Br)cc3)C2=O)n1. The fraction of sp³-hybridized carbons (Fsp3) is 0.381. The minimum absolute atomic E-state index is 0.0797. The third kappa shape index (κ3) is 4.56. The van der Waals surface area contributed by atoms with Crippen molar-refractivity contribution in [3.63, 3.8) is 0 Å². The molecule has 27 heavy (non-hydrogen) atoms. The molecule has 0 radical (unpaired) electrons. The molecule has 1 atom stereocenters. The standard InChI is InChI=1S/C21H24BrN3O2/c1-21(2,3)18-8-4-6-16(23-18)19(26)24-17-7-5-13-25(20(17)27)15-11-9-14(22)10-12-15/h4,6,8-12,17H,5,7,13H2,1-3H3,(H,24,26). The van der Waals surface area contributed by atoms with Gasteiger partial charge in [0, 0.05) is 27.8 Å². The number of piperidine rings is 1. The van der Waals surface area contributed by atoms with Crippen molar-refractivity contribution in [3.8, 4) is 0 Å². The lowest BCUT2D eigenvalue weighted by Crippen LogP contribution is -2.52. The van der Waals surface area contributed by atoms with E-state index < -0.39 is 6.04 Å². The summed E-state index contributed by atoms with van der Waals surface area (Å²) in [7, 11) is 0. The Bertz CT molecular complexity index is 843. The molecule has 1 N–H and O–H groups in total. The number of amides is 2. The minimum atomic E-state index is -0.532. The van der Waals surface area contributed by atoms with E-state index in [1.165, 1.54) is 0 Å². The van der Waals surface area contributed by atoms with E-state index in [1.54, 1.807) is 11.0 Å². The van der Waals surface area contributed by atoms with Crippen LogP contribution in [0.3, 0.4) is 0 Å². The number of anilines is 1. The van der Waals surface area contributed by atoms with Crippen LogP contribution in [0, 0.1) is 0 Å². The first-order valence-corrected chi connectivity index (χ1v) is 9.90. The zero-order chi connectivity index (χ0) is 19.6. The number of rotatable bonds is 3. The molecule has 3 rings (SSSR count). The molecule has 2 amide bonds. The van der Waals surface area contributed by atoms with Crippen molar-refractivity contribution in [1.29, 1.82) is 0 Å². The van der Waals surface area contributed by atoms with Gasteiger partial charge in [-0.15, -0.1) is 0 Å². The Labute approximate surface area is 168 Å². The number of aromatic nitrogens is 1. The van der Waals surface area contributed by atoms with Crippen LogP contribution in [-0.2, 0) is 10.2 Å². The Balaban J connectivity index is 1.74. The van der Waals surface area contributed by atoms with E-state index in [1.807, 2.05) is 36.4 Å². The molecular formula is C21H24BrN3O2. The summed E-state index contributed by atoms with van der Waals surface area (Å²) in [6.07, 6.45) is 1.47. The Kier molecular flexibility index (Phi) is 5.65. The van der Waals surface area contributed by atoms with Crippen LogP contribution in [-0.4, -0.2) is 29.4 Å². The molecule has 2 aromatic rings. The number of nitrogens with one attached hydrogen (secondary N) is 1. The van der Waals surface area contributed by atoms with Crippen LogP contribution in [0.25, 0.3) is 0 Å². The quantitative estimate of drug-likeness (QED) is 0.799. The fourth-order valence-corrected chi connectivity index (χ4v) is 3.36. The Morgan fingerprint density at radius 3 is 2.56 bits per heavy atom. The maximum absolute atomic E-state index is 12.9. The highest BCUT2D eigenvalue weighted by Crippen LogP contribution is 2.24.